The second-order valence-electron chi connectivity index (χ2n) is 6.60. The number of rotatable bonds is 8. The van der Waals surface area contributed by atoms with Crippen molar-refractivity contribution >= 4 is 17.5 Å². The number of hydrogen-bond donors (Lipinski definition) is 2. The topological polar surface area (TPSA) is 76.7 Å². The zero-order valence-electron chi connectivity index (χ0n) is 16.3. The van der Waals surface area contributed by atoms with E-state index in [1.54, 1.807) is 18.2 Å². The maximum atomic E-state index is 12.4. The van der Waals surface area contributed by atoms with Crippen molar-refractivity contribution in [3.8, 4) is 11.5 Å². The first-order valence-corrected chi connectivity index (χ1v) is 9.70. The molecule has 6 heteroatoms. The molecule has 148 valence electrons. The molecule has 1 aliphatic rings. The minimum absolute atomic E-state index is 0.104. The number of carbonyl (C=O) groups is 2. The minimum atomic E-state index is -0.340. The summed E-state index contributed by atoms with van der Waals surface area (Å²) in [5, 5.41) is 5.48. The molecule has 0 heterocycles. The zero-order chi connectivity index (χ0) is 19.9. The predicted octanol–water partition coefficient (Wildman–Crippen LogP) is 3.34. The van der Waals surface area contributed by atoms with Crippen molar-refractivity contribution in [2.24, 2.45) is 0 Å². The van der Waals surface area contributed by atoms with Gasteiger partial charge in [-0.15, -0.1) is 0 Å². The van der Waals surface area contributed by atoms with Crippen LogP contribution in [0.5, 0.6) is 11.5 Å². The molecule has 0 fully saturated rings. The molecular formula is C22H26N2O4. The molecule has 0 atom stereocenters. The smallest absolute Gasteiger partial charge is 0.251 e. The SMILES string of the molecule is CCOc1ccc(C(=O)NCC(=O)Nc2ccc3c(c2)CCC3)cc1OCC. The van der Waals surface area contributed by atoms with Crippen LogP contribution in [0.25, 0.3) is 0 Å². The summed E-state index contributed by atoms with van der Waals surface area (Å²) in [6.45, 7) is 4.62. The van der Waals surface area contributed by atoms with Crippen molar-refractivity contribution in [3.05, 3.63) is 53.1 Å². The van der Waals surface area contributed by atoms with E-state index in [9.17, 15) is 9.59 Å². The van der Waals surface area contributed by atoms with Crippen LogP contribution in [0.4, 0.5) is 5.69 Å². The van der Waals surface area contributed by atoms with Crippen LogP contribution in [0.1, 0.15) is 41.8 Å². The van der Waals surface area contributed by atoms with E-state index in [1.807, 2.05) is 26.0 Å². The molecule has 0 bridgehead atoms. The van der Waals surface area contributed by atoms with Crippen molar-refractivity contribution in [2.75, 3.05) is 25.1 Å². The average Bonchev–Trinajstić information content (AvgIpc) is 3.15. The summed E-state index contributed by atoms with van der Waals surface area (Å²) in [5.41, 5.74) is 3.82. The van der Waals surface area contributed by atoms with Crippen LogP contribution in [0, 0.1) is 0 Å². The van der Waals surface area contributed by atoms with Gasteiger partial charge in [0.15, 0.2) is 11.5 Å². The molecule has 0 unspecified atom stereocenters. The lowest BCUT2D eigenvalue weighted by Crippen LogP contribution is -2.32. The maximum Gasteiger partial charge on any atom is 0.251 e. The Morgan fingerprint density at radius 2 is 1.68 bits per heavy atom. The highest BCUT2D eigenvalue weighted by Crippen LogP contribution is 2.28. The summed E-state index contributed by atoms with van der Waals surface area (Å²) in [6.07, 6.45) is 3.32. The molecule has 2 amide bonds. The van der Waals surface area contributed by atoms with Gasteiger partial charge in [0.05, 0.1) is 19.8 Å². The van der Waals surface area contributed by atoms with Crippen LogP contribution in [-0.2, 0) is 17.6 Å². The van der Waals surface area contributed by atoms with Crippen LogP contribution in [0.3, 0.4) is 0 Å². The van der Waals surface area contributed by atoms with Crippen LogP contribution in [0.15, 0.2) is 36.4 Å². The normalized spacial score (nSPS) is 12.2. The third-order valence-corrected chi connectivity index (χ3v) is 4.60. The number of fused-ring (bicyclic) bond motifs is 1. The van der Waals surface area contributed by atoms with Crippen molar-refractivity contribution < 1.29 is 19.1 Å². The van der Waals surface area contributed by atoms with E-state index in [0.29, 0.717) is 30.3 Å². The summed E-state index contributed by atoms with van der Waals surface area (Å²) in [5.74, 6) is 0.505. The highest BCUT2D eigenvalue weighted by molar-refractivity contribution is 5.99. The van der Waals surface area contributed by atoms with Crippen LogP contribution in [0.2, 0.25) is 0 Å². The molecule has 0 aliphatic heterocycles. The molecule has 6 nitrogen and oxygen atoms in total. The Balaban J connectivity index is 1.57. The number of anilines is 1. The number of hydrogen-bond acceptors (Lipinski definition) is 4. The summed E-state index contributed by atoms with van der Waals surface area (Å²) in [4.78, 5) is 24.6. The standard InChI is InChI=1S/C22H26N2O4/c1-3-27-19-11-9-17(13-20(19)28-4-2)22(26)23-14-21(25)24-18-10-8-15-6-5-7-16(15)12-18/h8-13H,3-7,14H2,1-2H3,(H,23,26)(H,24,25). The Bertz CT molecular complexity index is 864. The van der Waals surface area contributed by atoms with Crippen LogP contribution < -0.4 is 20.1 Å². The molecular weight excluding hydrogens is 356 g/mol. The van der Waals surface area contributed by atoms with E-state index < -0.39 is 0 Å². The molecule has 2 aromatic rings. The van der Waals surface area contributed by atoms with Crippen molar-refractivity contribution in [1.82, 2.24) is 5.32 Å². The minimum Gasteiger partial charge on any atom is -0.490 e. The van der Waals surface area contributed by atoms with Gasteiger partial charge in [0.2, 0.25) is 5.91 Å². The Labute approximate surface area is 165 Å². The van der Waals surface area contributed by atoms with Gasteiger partial charge < -0.3 is 20.1 Å². The van der Waals surface area contributed by atoms with Crippen molar-refractivity contribution in [3.63, 3.8) is 0 Å². The lowest BCUT2D eigenvalue weighted by molar-refractivity contribution is -0.115. The monoisotopic (exact) mass is 382 g/mol. The summed E-state index contributed by atoms with van der Waals surface area (Å²) < 4.78 is 11.0. The first-order chi connectivity index (χ1) is 13.6. The molecule has 2 aromatic carbocycles. The second kappa shape index (κ2) is 9.26. The highest BCUT2D eigenvalue weighted by atomic mass is 16.5. The molecule has 3 rings (SSSR count). The van der Waals surface area contributed by atoms with Gasteiger partial charge in [-0.05, 0) is 74.6 Å². The Hall–Kier alpha value is -3.02. The first-order valence-electron chi connectivity index (χ1n) is 9.70. The Morgan fingerprint density at radius 3 is 2.46 bits per heavy atom. The molecule has 0 saturated carbocycles. The molecule has 2 N–H and O–H groups in total. The third kappa shape index (κ3) is 4.82. The second-order valence-corrected chi connectivity index (χ2v) is 6.60. The predicted molar refractivity (Wildman–Crippen MR) is 108 cm³/mol. The zero-order valence-corrected chi connectivity index (χ0v) is 16.3. The molecule has 28 heavy (non-hydrogen) atoms. The van der Waals surface area contributed by atoms with E-state index in [-0.39, 0.29) is 18.4 Å². The lowest BCUT2D eigenvalue weighted by Gasteiger charge is -2.12. The fraction of sp³-hybridized carbons (Fsp3) is 0.364. The average molecular weight is 382 g/mol. The van der Waals surface area contributed by atoms with Gasteiger partial charge in [0.1, 0.15) is 0 Å². The number of benzene rings is 2. The number of aryl methyl sites for hydroxylation is 2. The third-order valence-electron chi connectivity index (χ3n) is 4.60. The van der Waals surface area contributed by atoms with Gasteiger partial charge in [0.25, 0.3) is 5.91 Å². The quantitative estimate of drug-likeness (QED) is 0.734. The summed E-state index contributed by atoms with van der Waals surface area (Å²) in [7, 11) is 0. The fourth-order valence-corrected chi connectivity index (χ4v) is 3.31. The van der Waals surface area contributed by atoms with E-state index >= 15 is 0 Å². The van der Waals surface area contributed by atoms with E-state index in [4.69, 9.17) is 9.47 Å². The lowest BCUT2D eigenvalue weighted by atomic mass is 10.1. The molecule has 0 saturated heterocycles. The van der Waals surface area contributed by atoms with E-state index in [2.05, 4.69) is 16.7 Å². The molecule has 0 radical (unpaired) electrons. The molecule has 0 spiro atoms. The van der Waals surface area contributed by atoms with Crippen molar-refractivity contribution in [1.29, 1.82) is 0 Å². The molecule has 1 aliphatic carbocycles. The Kier molecular flexibility index (Phi) is 6.53. The van der Waals surface area contributed by atoms with Crippen LogP contribution >= 0.6 is 0 Å². The van der Waals surface area contributed by atoms with Crippen molar-refractivity contribution in [2.45, 2.75) is 33.1 Å². The van der Waals surface area contributed by atoms with Gasteiger partial charge in [-0.25, -0.2) is 0 Å². The van der Waals surface area contributed by atoms with Gasteiger partial charge >= 0.3 is 0 Å². The Morgan fingerprint density at radius 1 is 0.929 bits per heavy atom. The van der Waals surface area contributed by atoms with Gasteiger partial charge in [-0.3, -0.25) is 9.59 Å². The molecule has 0 aromatic heterocycles. The highest BCUT2D eigenvalue weighted by Gasteiger charge is 2.14. The van der Waals surface area contributed by atoms with Crippen LogP contribution in [-0.4, -0.2) is 31.6 Å². The van der Waals surface area contributed by atoms with E-state index in [1.165, 1.54) is 11.1 Å². The van der Waals surface area contributed by atoms with Gasteiger partial charge in [0, 0.05) is 11.3 Å². The van der Waals surface area contributed by atoms with Gasteiger partial charge in [-0.2, -0.15) is 0 Å². The maximum absolute atomic E-state index is 12.4. The summed E-state index contributed by atoms with van der Waals surface area (Å²) >= 11 is 0. The number of nitrogens with one attached hydrogen (secondary N) is 2. The van der Waals surface area contributed by atoms with E-state index in [0.717, 1.165) is 24.9 Å². The largest absolute Gasteiger partial charge is 0.490 e. The summed E-state index contributed by atoms with van der Waals surface area (Å²) in [6, 6.07) is 11.0. The number of ether oxygens (including phenoxy) is 2. The number of carbonyl (C=O) groups excluding carboxylic acids is 2. The number of amides is 2. The fourth-order valence-electron chi connectivity index (χ4n) is 3.31. The first kappa shape index (κ1) is 19.7. The van der Waals surface area contributed by atoms with Gasteiger partial charge in [-0.1, -0.05) is 6.07 Å².